The fraction of sp³-hybridized carbons (Fsp3) is 0.0417. The number of thioether (sulfide) groups is 1. The molecule has 9 heteroatoms. The Hall–Kier alpha value is -3.85. The number of halogens is 3. The number of hydrogen-bond acceptors (Lipinski definition) is 5. The summed E-state index contributed by atoms with van der Waals surface area (Å²) in [6.07, 6.45) is 1.43. The third-order valence-corrected chi connectivity index (χ3v) is 5.84. The van der Waals surface area contributed by atoms with Crippen LogP contribution in [0.15, 0.2) is 87.4 Å². The molecule has 0 radical (unpaired) electrons. The molecule has 0 atom stereocenters. The molecule has 3 aromatic carbocycles. The summed E-state index contributed by atoms with van der Waals surface area (Å²) >= 11 is 1.14. The Morgan fingerprint density at radius 3 is 2.55 bits per heavy atom. The van der Waals surface area contributed by atoms with Gasteiger partial charge in [0.05, 0.1) is 22.3 Å². The quantitative estimate of drug-likeness (QED) is 0.244. The predicted molar refractivity (Wildman–Crippen MR) is 119 cm³/mol. The molecule has 0 aliphatic carbocycles. The van der Waals surface area contributed by atoms with E-state index in [2.05, 4.69) is 9.97 Å². The second kappa shape index (κ2) is 8.59. The van der Waals surface area contributed by atoms with Gasteiger partial charge in [-0.05, 0) is 42.5 Å². The van der Waals surface area contributed by atoms with Gasteiger partial charge in [0.2, 0.25) is 5.89 Å². The highest BCUT2D eigenvalue weighted by Crippen LogP contribution is 2.27. The number of aromatic nitrogens is 3. The Bertz CT molecular complexity index is 1550. The van der Waals surface area contributed by atoms with Crippen molar-refractivity contribution in [1.82, 2.24) is 14.5 Å². The lowest BCUT2D eigenvalue weighted by Gasteiger charge is -2.13. The molecule has 0 unspecified atom stereocenters. The van der Waals surface area contributed by atoms with E-state index in [0.717, 1.165) is 22.4 Å². The molecule has 0 aliphatic rings. The summed E-state index contributed by atoms with van der Waals surface area (Å²) in [5.41, 5.74) is 0.870. The van der Waals surface area contributed by atoms with E-state index in [9.17, 15) is 18.0 Å². The number of fused-ring (bicyclic) bond motifs is 1. The number of hydrogen-bond donors (Lipinski definition) is 0. The average molecular weight is 465 g/mol. The molecule has 5 rings (SSSR count). The molecule has 5 aromatic rings. The molecule has 0 aliphatic heterocycles. The predicted octanol–water partition coefficient (Wildman–Crippen LogP) is 5.75. The van der Waals surface area contributed by atoms with Crippen molar-refractivity contribution in [3.05, 3.63) is 106 Å². The van der Waals surface area contributed by atoms with E-state index in [1.54, 1.807) is 36.4 Å². The highest BCUT2D eigenvalue weighted by molar-refractivity contribution is 7.98. The lowest BCUT2D eigenvalue weighted by atomic mass is 10.2. The lowest BCUT2D eigenvalue weighted by Crippen LogP contribution is -2.22. The third-order valence-electron chi connectivity index (χ3n) is 4.87. The highest BCUT2D eigenvalue weighted by Gasteiger charge is 2.17. The summed E-state index contributed by atoms with van der Waals surface area (Å²) in [5, 5.41) is 0.514. The Labute approximate surface area is 189 Å². The summed E-state index contributed by atoms with van der Waals surface area (Å²) < 4.78 is 48.1. The first kappa shape index (κ1) is 21.0. The zero-order chi connectivity index (χ0) is 22.9. The van der Waals surface area contributed by atoms with Gasteiger partial charge in [0.1, 0.15) is 23.7 Å². The minimum atomic E-state index is -0.883. The fourth-order valence-electron chi connectivity index (χ4n) is 3.35. The molecule has 33 heavy (non-hydrogen) atoms. The number of nitrogens with zero attached hydrogens (tertiary/aromatic N) is 3. The summed E-state index contributed by atoms with van der Waals surface area (Å²) in [4.78, 5) is 22.1. The van der Waals surface area contributed by atoms with Crippen molar-refractivity contribution in [2.24, 2.45) is 0 Å². The zero-order valence-corrected chi connectivity index (χ0v) is 17.7. The van der Waals surface area contributed by atoms with Crippen LogP contribution in [-0.2, 0) is 5.75 Å². The summed E-state index contributed by atoms with van der Waals surface area (Å²) in [6, 6.07) is 15.6. The van der Waals surface area contributed by atoms with Crippen LogP contribution >= 0.6 is 11.8 Å². The monoisotopic (exact) mass is 465 g/mol. The van der Waals surface area contributed by atoms with Crippen LogP contribution in [0.4, 0.5) is 13.2 Å². The molecule has 0 saturated heterocycles. The van der Waals surface area contributed by atoms with Gasteiger partial charge in [0.15, 0.2) is 5.16 Å². The molecule has 0 fully saturated rings. The first-order valence-electron chi connectivity index (χ1n) is 9.80. The molecular formula is C24H14F3N3O2S. The van der Waals surface area contributed by atoms with Crippen molar-refractivity contribution in [2.75, 3.05) is 0 Å². The maximum absolute atomic E-state index is 14.6. The molecular weight excluding hydrogens is 451 g/mol. The van der Waals surface area contributed by atoms with Crippen molar-refractivity contribution in [3.63, 3.8) is 0 Å². The third kappa shape index (κ3) is 4.14. The first-order valence-corrected chi connectivity index (χ1v) is 10.8. The van der Waals surface area contributed by atoms with Crippen LogP contribution in [0.1, 0.15) is 5.69 Å². The van der Waals surface area contributed by atoms with Gasteiger partial charge in [-0.15, -0.1) is 0 Å². The minimum absolute atomic E-state index is 0.109. The Balaban J connectivity index is 1.53. The number of para-hydroxylation sites is 1. The SMILES string of the molecule is O=c1c2ccccc2nc(SCc2coc(-c3cccc(F)c3)n2)n1-c1ccc(F)cc1F. The van der Waals surface area contributed by atoms with Crippen LogP contribution in [-0.4, -0.2) is 14.5 Å². The lowest BCUT2D eigenvalue weighted by molar-refractivity contribution is 0.571. The maximum Gasteiger partial charge on any atom is 0.266 e. The van der Waals surface area contributed by atoms with Gasteiger partial charge >= 0.3 is 0 Å². The van der Waals surface area contributed by atoms with Gasteiger partial charge in [0, 0.05) is 17.4 Å². The van der Waals surface area contributed by atoms with Crippen molar-refractivity contribution in [2.45, 2.75) is 10.9 Å². The summed E-state index contributed by atoms with van der Waals surface area (Å²) in [7, 11) is 0. The molecule has 0 amide bonds. The van der Waals surface area contributed by atoms with E-state index in [1.807, 2.05) is 0 Å². The maximum atomic E-state index is 14.6. The van der Waals surface area contributed by atoms with Crippen LogP contribution in [0, 0.1) is 17.5 Å². The molecule has 2 aromatic heterocycles. The fourth-order valence-corrected chi connectivity index (χ4v) is 4.23. The van der Waals surface area contributed by atoms with E-state index < -0.39 is 23.0 Å². The van der Waals surface area contributed by atoms with Crippen LogP contribution in [0.25, 0.3) is 28.0 Å². The van der Waals surface area contributed by atoms with Crippen LogP contribution in [0.3, 0.4) is 0 Å². The van der Waals surface area contributed by atoms with Gasteiger partial charge in [0.25, 0.3) is 5.56 Å². The normalized spacial score (nSPS) is 11.2. The molecule has 0 saturated carbocycles. The van der Waals surface area contributed by atoms with Gasteiger partial charge < -0.3 is 4.42 Å². The molecule has 0 spiro atoms. The average Bonchev–Trinajstić information content (AvgIpc) is 3.28. The van der Waals surface area contributed by atoms with Crippen LogP contribution in [0.2, 0.25) is 0 Å². The van der Waals surface area contributed by atoms with Gasteiger partial charge in [-0.2, -0.15) is 0 Å². The molecule has 2 heterocycles. The van der Waals surface area contributed by atoms with E-state index in [1.165, 1.54) is 24.5 Å². The largest absolute Gasteiger partial charge is 0.444 e. The Kier molecular flexibility index (Phi) is 5.47. The van der Waals surface area contributed by atoms with Crippen LogP contribution in [0.5, 0.6) is 0 Å². The smallest absolute Gasteiger partial charge is 0.266 e. The van der Waals surface area contributed by atoms with E-state index in [0.29, 0.717) is 28.2 Å². The summed E-state index contributed by atoms with van der Waals surface area (Å²) in [5.74, 6) is -1.55. The first-order chi connectivity index (χ1) is 16.0. The molecule has 5 nitrogen and oxygen atoms in total. The molecule has 0 bridgehead atoms. The number of rotatable bonds is 5. The van der Waals surface area contributed by atoms with Crippen molar-refractivity contribution >= 4 is 22.7 Å². The number of oxazole rings is 1. The highest BCUT2D eigenvalue weighted by atomic mass is 32.2. The summed E-state index contributed by atoms with van der Waals surface area (Å²) in [6.45, 7) is 0. The van der Waals surface area contributed by atoms with Gasteiger partial charge in [-0.3, -0.25) is 9.36 Å². The molecule has 164 valence electrons. The zero-order valence-electron chi connectivity index (χ0n) is 16.8. The van der Waals surface area contributed by atoms with E-state index >= 15 is 0 Å². The van der Waals surface area contributed by atoms with Gasteiger partial charge in [-0.1, -0.05) is 30.0 Å². The second-order valence-corrected chi connectivity index (χ2v) is 8.03. The standard InChI is InChI=1S/C24H14F3N3O2S/c25-15-5-3-4-14(10-15)22-28-17(12-32-22)13-33-24-29-20-7-2-1-6-18(20)23(31)30(24)21-9-8-16(26)11-19(21)27/h1-12H,13H2. The van der Waals surface area contributed by atoms with E-state index in [-0.39, 0.29) is 22.5 Å². The molecule has 0 N–H and O–H groups in total. The van der Waals surface area contributed by atoms with Crippen molar-refractivity contribution in [1.29, 1.82) is 0 Å². The van der Waals surface area contributed by atoms with Crippen LogP contribution < -0.4 is 5.56 Å². The number of benzene rings is 3. The Morgan fingerprint density at radius 2 is 1.73 bits per heavy atom. The minimum Gasteiger partial charge on any atom is -0.444 e. The topological polar surface area (TPSA) is 60.9 Å². The van der Waals surface area contributed by atoms with Gasteiger partial charge in [-0.25, -0.2) is 23.1 Å². The Morgan fingerprint density at radius 1 is 0.909 bits per heavy atom. The second-order valence-electron chi connectivity index (χ2n) is 7.09. The van der Waals surface area contributed by atoms with Crippen molar-refractivity contribution < 1.29 is 17.6 Å². The van der Waals surface area contributed by atoms with Crippen molar-refractivity contribution in [3.8, 4) is 17.1 Å². The van der Waals surface area contributed by atoms with E-state index in [4.69, 9.17) is 4.42 Å².